The molecule has 104 valence electrons. The summed E-state index contributed by atoms with van der Waals surface area (Å²) in [7, 11) is 0. The minimum atomic E-state index is -0.182. The summed E-state index contributed by atoms with van der Waals surface area (Å²) in [5.41, 5.74) is 6.60. The van der Waals surface area contributed by atoms with Crippen molar-refractivity contribution in [3.05, 3.63) is 28.8 Å². The van der Waals surface area contributed by atoms with Crippen LogP contribution in [0, 0.1) is 5.92 Å². The number of nitrogen functional groups attached to an aromatic ring is 1. The summed E-state index contributed by atoms with van der Waals surface area (Å²) in [4.78, 5) is 14.5. The maximum absolute atomic E-state index is 12.1. The first-order chi connectivity index (χ1) is 9.11. The predicted octanol–water partition coefficient (Wildman–Crippen LogP) is 1.99. The minimum Gasteiger partial charge on any atom is -0.398 e. The number of hydrogen-bond donors (Lipinski definition) is 2. The maximum atomic E-state index is 12.1. The van der Waals surface area contributed by atoms with Crippen LogP contribution in [0.2, 0.25) is 5.02 Å². The fourth-order valence-electron chi connectivity index (χ4n) is 2.47. The number of nitrogens with zero attached hydrogens (tertiary/aromatic N) is 1. The molecule has 1 amide bonds. The highest BCUT2D eigenvalue weighted by molar-refractivity contribution is 6.34. The summed E-state index contributed by atoms with van der Waals surface area (Å²) in [5.74, 6) is 0.339. The van der Waals surface area contributed by atoms with E-state index in [1.807, 2.05) is 0 Å². The van der Waals surface area contributed by atoms with E-state index < -0.39 is 0 Å². The molecule has 1 aliphatic heterocycles. The molecule has 3 N–H and O–H groups in total. The normalized spacial score (nSPS) is 19.6. The number of halogens is 1. The van der Waals surface area contributed by atoms with Crippen LogP contribution < -0.4 is 11.1 Å². The van der Waals surface area contributed by atoms with Crippen LogP contribution in [-0.2, 0) is 0 Å². The SMILES string of the molecule is CCN1CCC(CNC(=O)c2c(N)cccc2Cl)C1. The van der Waals surface area contributed by atoms with Crippen molar-refractivity contribution in [3.63, 3.8) is 0 Å². The highest BCUT2D eigenvalue weighted by atomic mass is 35.5. The third kappa shape index (κ3) is 3.39. The summed E-state index contributed by atoms with van der Waals surface area (Å²) < 4.78 is 0. The number of rotatable bonds is 4. The van der Waals surface area contributed by atoms with E-state index in [1.165, 1.54) is 0 Å². The second-order valence-corrected chi connectivity index (χ2v) is 5.37. The van der Waals surface area contributed by atoms with E-state index >= 15 is 0 Å². The van der Waals surface area contributed by atoms with E-state index in [2.05, 4.69) is 17.1 Å². The molecule has 1 saturated heterocycles. The van der Waals surface area contributed by atoms with Gasteiger partial charge in [0, 0.05) is 18.8 Å². The van der Waals surface area contributed by atoms with Crippen LogP contribution in [-0.4, -0.2) is 37.0 Å². The Hall–Kier alpha value is -1.26. The number of benzene rings is 1. The molecule has 1 aromatic rings. The zero-order valence-electron chi connectivity index (χ0n) is 11.2. The smallest absolute Gasteiger partial charge is 0.254 e. The van der Waals surface area contributed by atoms with Crippen LogP contribution in [0.25, 0.3) is 0 Å². The molecule has 1 aromatic carbocycles. The lowest BCUT2D eigenvalue weighted by molar-refractivity contribution is 0.0948. The Balaban J connectivity index is 1.92. The van der Waals surface area contributed by atoms with Crippen molar-refractivity contribution in [1.82, 2.24) is 10.2 Å². The second-order valence-electron chi connectivity index (χ2n) is 4.96. The minimum absolute atomic E-state index is 0.182. The lowest BCUT2D eigenvalue weighted by atomic mass is 10.1. The Morgan fingerprint density at radius 2 is 2.37 bits per heavy atom. The number of hydrogen-bond acceptors (Lipinski definition) is 3. The molecule has 5 heteroatoms. The Labute approximate surface area is 118 Å². The zero-order chi connectivity index (χ0) is 13.8. The standard InChI is InChI=1S/C14H20ClN3O/c1-2-18-7-6-10(9-18)8-17-14(19)13-11(15)4-3-5-12(13)16/h3-5,10H,2,6-9,16H2,1H3,(H,17,19). The van der Waals surface area contributed by atoms with E-state index in [9.17, 15) is 4.79 Å². The van der Waals surface area contributed by atoms with Gasteiger partial charge in [0.1, 0.15) is 0 Å². The monoisotopic (exact) mass is 281 g/mol. The van der Waals surface area contributed by atoms with Gasteiger partial charge in [0.15, 0.2) is 0 Å². The first-order valence-electron chi connectivity index (χ1n) is 6.66. The number of carbonyl (C=O) groups is 1. The van der Waals surface area contributed by atoms with Gasteiger partial charge >= 0.3 is 0 Å². The second kappa shape index (κ2) is 6.26. The average Bonchev–Trinajstić information content (AvgIpc) is 2.84. The van der Waals surface area contributed by atoms with Gasteiger partial charge in [-0.15, -0.1) is 0 Å². The van der Waals surface area contributed by atoms with Gasteiger partial charge in [-0.3, -0.25) is 4.79 Å². The molecule has 0 aromatic heterocycles. The van der Waals surface area contributed by atoms with Gasteiger partial charge in [0.25, 0.3) is 5.91 Å². The molecule has 0 radical (unpaired) electrons. The van der Waals surface area contributed by atoms with Crippen LogP contribution in [0.5, 0.6) is 0 Å². The Kier molecular flexibility index (Phi) is 4.66. The third-order valence-corrected chi connectivity index (χ3v) is 3.96. The first-order valence-corrected chi connectivity index (χ1v) is 7.04. The van der Waals surface area contributed by atoms with E-state index in [4.69, 9.17) is 17.3 Å². The quantitative estimate of drug-likeness (QED) is 0.830. The summed E-state index contributed by atoms with van der Waals surface area (Å²) in [5, 5.41) is 3.34. The molecular weight excluding hydrogens is 262 g/mol. The van der Waals surface area contributed by atoms with Crippen molar-refractivity contribution >= 4 is 23.2 Å². The Morgan fingerprint density at radius 3 is 3.00 bits per heavy atom. The number of anilines is 1. The van der Waals surface area contributed by atoms with Crippen LogP contribution in [0.1, 0.15) is 23.7 Å². The summed E-state index contributed by atoms with van der Waals surface area (Å²) in [6, 6.07) is 5.11. The fourth-order valence-corrected chi connectivity index (χ4v) is 2.74. The van der Waals surface area contributed by atoms with Crippen molar-refractivity contribution in [2.45, 2.75) is 13.3 Å². The summed E-state index contributed by atoms with van der Waals surface area (Å²) in [6.07, 6.45) is 1.13. The lowest BCUT2D eigenvalue weighted by Crippen LogP contribution is -2.31. The average molecular weight is 282 g/mol. The van der Waals surface area contributed by atoms with Crippen molar-refractivity contribution in [2.24, 2.45) is 5.92 Å². The molecule has 1 aliphatic rings. The highest BCUT2D eigenvalue weighted by Gasteiger charge is 2.22. The zero-order valence-corrected chi connectivity index (χ0v) is 11.9. The van der Waals surface area contributed by atoms with Gasteiger partial charge in [-0.1, -0.05) is 24.6 Å². The molecule has 1 heterocycles. The lowest BCUT2D eigenvalue weighted by Gasteiger charge is -2.14. The van der Waals surface area contributed by atoms with Gasteiger partial charge in [-0.2, -0.15) is 0 Å². The predicted molar refractivity (Wildman–Crippen MR) is 78.4 cm³/mol. The Bertz CT molecular complexity index is 444. The largest absolute Gasteiger partial charge is 0.398 e. The molecule has 0 bridgehead atoms. The molecule has 4 nitrogen and oxygen atoms in total. The topological polar surface area (TPSA) is 58.4 Å². The molecule has 1 unspecified atom stereocenters. The summed E-state index contributed by atoms with van der Waals surface area (Å²) >= 11 is 6.02. The summed E-state index contributed by atoms with van der Waals surface area (Å²) in [6.45, 7) is 6.08. The van der Waals surface area contributed by atoms with Gasteiger partial charge in [-0.25, -0.2) is 0 Å². The molecular formula is C14H20ClN3O. The van der Waals surface area contributed by atoms with E-state index in [1.54, 1.807) is 18.2 Å². The van der Waals surface area contributed by atoms with E-state index in [0.717, 1.165) is 26.1 Å². The van der Waals surface area contributed by atoms with Gasteiger partial charge < -0.3 is 16.0 Å². The molecule has 19 heavy (non-hydrogen) atoms. The molecule has 1 fully saturated rings. The van der Waals surface area contributed by atoms with Crippen molar-refractivity contribution in [1.29, 1.82) is 0 Å². The number of nitrogens with two attached hydrogens (primary N) is 1. The fraction of sp³-hybridized carbons (Fsp3) is 0.500. The third-order valence-electron chi connectivity index (χ3n) is 3.64. The van der Waals surface area contributed by atoms with Crippen LogP contribution in [0.3, 0.4) is 0 Å². The Morgan fingerprint density at radius 1 is 1.58 bits per heavy atom. The molecule has 0 aliphatic carbocycles. The number of carbonyl (C=O) groups excluding carboxylic acids is 1. The molecule has 0 saturated carbocycles. The van der Waals surface area contributed by atoms with Gasteiger partial charge in [-0.05, 0) is 37.6 Å². The van der Waals surface area contributed by atoms with Gasteiger partial charge in [0.05, 0.1) is 10.6 Å². The molecule has 0 spiro atoms. The number of amides is 1. The van der Waals surface area contributed by atoms with E-state index in [0.29, 0.717) is 28.7 Å². The molecule has 1 atom stereocenters. The van der Waals surface area contributed by atoms with Crippen LogP contribution >= 0.6 is 11.6 Å². The van der Waals surface area contributed by atoms with Crippen LogP contribution in [0.15, 0.2) is 18.2 Å². The molecule has 2 rings (SSSR count). The number of likely N-dealkylation sites (tertiary alicyclic amines) is 1. The van der Waals surface area contributed by atoms with Gasteiger partial charge in [0.2, 0.25) is 0 Å². The van der Waals surface area contributed by atoms with Crippen molar-refractivity contribution < 1.29 is 4.79 Å². The maximum Gasteiger partial charge on any atom is 0.254 e. The van der Waals surface area contributed by atoms with Crippen molar-refractivity contribution in [2.75, 3.05) is 31.9 Å². The van der Waals surface area contributed by atoms with E-state index in [-0.39, 0.29) is 5.91 Å². The number of nitrogens with one attached hydrogen (secondary N) is 1. The first kappa shape index (κ1) is 14.2. The van der Waals surface area contributed by atoms with Crippen molar-refractivity contribution in [3.8, 4) is 0 Å². The highest BCUT2D eigenvalue weighted by Crippen LogP contribution is 2.22. The van der Waals surface area contributed by atoms with Crippen LogP contribution in [0.4, 0.5) is 5.69 Å².